The Bertz CT molecular complexity index is 707. The fraction of sp³-hybridized carbons (Fsp3) is 0.898. The van der Waals surface area contributed by atoms with Gasteiger partial charge < -0.3 is 4.74 Å². The van der Waals surface area contributed by atoms with Gasteiger partial charge in [0, 0.05) is 6.42 Å². The number of esters is 1. The van der Waals surface area contributed by atoms with Crippen LogP contribution in [0.5, 0.6) is 0 Å². The fourth-order valence-electron chi connectivity index (χ4n) is 7.24. The molecule has 0 N–H and O–H groups in total. The smallest absolute Gasteiger partial charge is 0.305 e. The number of allylic oxidation sites excluding steroid dienone is 4. The fourth-order valence-corrected chi connectivity index (χ4v) is 7.24. The molecule has 0 radical (unpaired) electrons. The van der Waals surface area contributed by atoms with E-state index >= 15 is 0 Å². The Morgan fingerprint density at radius 2 is 0.745 bits per heavy atom. The van der Waals surface area contributed by atoms with Gasteiger partial charge in [-0.05, 0) is 50.9 Å². The van der Waals surface area contributed by atoms with E-state index in [1.165, 1.54) is 218 Å². The van der Waals surface area contributed by atoms with Gasteiger partial charge >= 0.3 is 5.97 Å². The van der Waals surface area contributed by atoms with E-state index in [4.69, 9.17) is 4.74 Å². The van der Waals surface area contributed by atoms with E-state index in [1.54, 1.807) is 0 Å². The molecular formula is C49H94O2. The molecule has 0 bridgehead atoms. The third kappa shape index (κ3) is 46.9. The van der Waals surface area contributed by atoms with E-state index in [0.717, 1.165) is 31.6 Å². The maximum Gasteiger partial charge on any atom is 0.305 e. The number of ether oxygens (including phenoxy) is 1. The van der Waals surface area contributed by atoms with E-state index in [1.807, 2.05) is 0 Å². The summed E-state index contributed by atoms with van der Waals surface area (Å²) in [5, 5.41) is 0. The predicted octanol–water partition coefficient (Wildman–Crippen LogP) is 17.5. The van der Waals surface area contributed by atoms with Crippen LogP contribution in [0.1, 0.15) is 271 Å². The molecule has 302 valence electrons. The van der Waals surface area contributed by atoms with Crippen LogP contribution in [0.3, 0.4) is 0 Å². The third-order valence-electron chi connectivity index (χ3n) is 10.8. The molecule has 51 heavy (non-hydrogen) atoms. The summed E-state index contributed by atoms with van der Waals surface area (Å²) in [6.07, 6.45) is 61.6. The van der Waals surface area contributed by atoms with Gasteiger partial charge in [-0.15, -0.1) is 0 Å². The molecule has 0 saturated carbocycles. The Hall–Kier alpha value is -1.05. The minimum atomic E-state index is 0.0144. The molecule has 2 nitrogen and oxygen atoms in total. The summed E-state index contributed by atoms with van der Waals surface area (Å²) < 4.78 is 5.47. The first kappa shape index (κ1) is 49.9. The summed E-state index contributed by atoms with van der Waals surface area (Å²) in [6.45, 7) is 7.57. The zero-order valence-electron chi connectivity index (χ0n) is 35.5. The van der Waals surface area contributed by atoms with E-state index in [-0.39, 0.29) is 5.97 Å². The Morgan fingerprint density at radius 1 is 0.412 bits per heavy atom. The Labute approximate surface area is 322 Å². The molecule has 0 aromatic carbocycles. The van der Waals surface area contributed by atoms with Crippen molar-refractivity contribution in [2.24, 2.45) is 5.92 Å². The maximum absolute atomic E-state index is 12.0. The van der Waals surface area contributed by atoms with Crippen LogP contribution in [-0.2, 0) is 9.53 Å². The molecule has 0 amide bonds. The summed E-state index contributed by atoms with van der Waals surface area (Å²) in [5.74, 6) is 0.901. The zero-order chi connectivity index (χ0) is 37.0. The van der Waals surface area contributed by atoms with Gasteiger partial charge in [0.05, 0.1) is 6.61 Å². The second-order valence-corrected chi connectivity index (χ2v) is 16.6. The number of unbranched alkanes of at least 4 members (excludes halogenated alkanes) is 33. The van der Waals surface area contributed by atoms with Crippen LogP contribution in [0.4, 0.5) is 0 Å². The monoisotopic (exact) mass is 715 g/mol. The summed E-state index contributed by atoms with van der Waals surface area (Å²) in [5.41, 5.74) is 0. The molecule has 0 unspecified atom stereocenters. The SMILES string of the molecule is CCCCC/C=C\C/C=C\CCCCCCCC(=O)OCCCCCCCCCCCCCCCCCCCCCCCCCCCCC(C)C. The van der Waals surface area contributed by atoms with Crippen LogP contribution in [0.25, 0.3) is 0 Å². The third-order valence-corrected chi connectivity index (χ3v) is 10.8. The highest BCUT2D eigenvalue weighted by molar-refractivity contribution is 5.69. The van der Waals surface area contributed by atoms with Gasteiger partial charge in [-0.1, -0.05) is 244 Å². The Balaban J connectivity index is 3.17. The van der Waals surface area contributed by atoms with Gasteiger partial charge in [0.1, 0.15) is 0 Å². The zero-order valence-corrected chi connectivity index (χ0v) is 35.5. The summed E-state index contributed by atoms with van der Waals surface area (Å²) in [7, 11) is 0. The van der Waals surface area contributed by atoms with Crippen molar-refractivity contribution in [1.29, 1.82) is 0 Å². The molecule has 0 aliphatic heterocycles. The molecule has 0 spiro atoms. The molecule has 0 saturated heterocycles. The van der Waals surface area contributed by atoms with Crippen LogP contribution in [0.15, 0.2) is 24.3 Å². The number of hydrogen-bond donors (Lipinski definition) is 0. The largest absolute Gasteiger partial charge is 0.466 e. The molecular weight excluding hydrogens is 621 g/mol. The standard InChI is InChI=1S/C49H94O2/c1-4-5-6-7-8-9-10-11-24-28-31-34-37-40-43-46-49(50)51-47-44-41-38-35-32-29-26-23-21-19-17-15-13-12-14-16-18-20-22-25-27-30-33-36-39-42-45-48(2)3/h8-9,11,24,48H,4-7,10,12-23,25-47H2,1-3H3/b9-8-,24-11-. The second kappa shape index (κ2) is 45.1. The lowest BCUT2D eigenvalue weighted by molar-refractivity contribution is -0.143. The van der Waals surface area contributed by atoms with Crippen molar-refractivity contribution in [3.63, 3.8) is 0 Å². The molecule has 0 aliphatic rings. The minimum Gasteiger partial charge on any atom is -0.466 e. The van der Waals surface area contributed by atoms with Gasteiger partial charge in [-0.2, -0.15) is 0 Å². The van der Waals surface area contributed by atoms with E-state index in [2.05, 4.69) is 45.1 Å². The minimum absolute atomic E-state index is 0.0144. The first-order chi connectivity index (χ1) is 25.2. The average Bonchev–Trinajstić information content (AvgIpc) is 3.12. The number of carbonyl (C=O) groups excluding carboxylic acids is 1. The van der Waals surface area contributed by atoms with Crippen molar-refractivity contribution >= 4 is 5.97 Å². The van der Waals surface area contributed by atoms with Gasteiger partial charge in [0.15, 0.2) is 0 Å². The molecule has 0 rings (SSSR count). The van der Waals surface area contributed by atoms with Crippen molar-refractivity contribution in [2.45, 2.75) is 271 Å². The highest BCUT2D eigenvalue weighted by Gasteiger charge is 2.03. The van der Waals surface area contributed by atoms with Crippen LogP contribution in [0.2, 0.25) is 0 Å². The summed E-state index contributed by atoms with van der Waals surface area (Å²) in [6, 6.07) is 0. The van der Waals surface area contributed by atoms with Crippen LogP contribution in [0, 0.1) is 5.92 Å². The van der Waals surface area contributed by atoms with Crippen molar-refractivity contribution < 1.29 is 9.53 Å². The van der Waals surface area contributed by atoms with Crippen molar-refractivity contribution in [1.82, 2.24) is 0 Å². The van der Waals surface area contributed by atoms with E-state index < -0.39 is 0 Å². The topological polar surface area (TPSA) is 26.3 Å². The highest BCUT2D eigenvalue weighted by Crippen LogP contribution is 2.17. The Kier molecular flexibility index (Phi) is 44.2. The first-order valence-electron chi connectivity index (χ1n) is 23.6. The quantitative estimate of drug-likeness (QED) is 0.0357. The van der Waals surface area contributed by atoms with E-state index in [9.17, 15) is 4.79 Å². The summed E-state index contributed by atoms with van der Waals surface area (Å²) >= 11 is 0. The normalized spacial score (nSPS) is 11.9. The van der Waals surface area contributed by atoms with Gasteiger partial charge in [0.25, 0.3) is 0 Å². The lowest BCUT2D eigenvalue weighted by atomic mass is 10.0. The molecule has 0 heterocycles. The first-order valence-corrected chi connectivity index (χ1v) is 23.6. The average molecular weight is 715 g/mol. The van der Waals surface area contributed by atoms with Gasteiger partial charge in [-0.3, -0.25) is 4.79 Å². The Morgan fingerprint density at radius 3 is 1.14 bits per heavy atom. The highest BCUT2D eigenvalue weighted by atomic mass is 16.5. The predicted molar refractivity (Wildman–Crippen MR) is 230 cm³/mol. The summed E-state index contributed by atoms with van der Waals surface area (Å²) in [4.78, 5) is 12.0. The van der Waals surface area contributed by atoms with Crippen molar-refractivity contribution in [3.8, 4) is 0 Å². The second-order valence-electron chi connectivity index (χ2n) is 16.6. The molecule has 2 heteroatoms. The lowest BCUT2D eigenvalue weighted by Gasteiger charge is -2.06. The molecule has 0 aliphatic carbocycles. The van der Waals surface area contributed by atoms with Gasteiger partial charge in [0.2, 0.25) is 0 Å². The van der Waals surface area contributed by atoms with Crippen LogP contribution >= 0.6 is 0 Å². The van der Waals surface area contributed by atoms with Gasteiger partial charge in [-0.25, -0.2) is 0 Å². The van der Waals surface area contributed by atoms with E-state index in [0.29, 0.717) is 13.0 Å². The maximum atomic E-state index is 12.0. The molecule has 0 aromatic heterocycles. The number of carbonyl (C=O) groups is 1. The number of hydrogen-bond acceptors (Lipinski definition) is 2. The van der Waals surface area contributed by atoms with Crippen LogP contribution < -0.4 is 0 Å². The van der Waals surface area contributed by atoms with Crippen molar-refractivity contribution in [3.05, 3.63) is 24.3 Å². The van der Waals surface area contributed by atoms with Crippen LogP contribution in [-0.4, -0.2) is 12.6 Å². The molecule has 0 aromatic rings. The number of rotatable bonds is 43. The van der Waals surface area contributed by atoms with Crippen molar-refractivity contribution in [2.75, 3.05) is 6.61 Å². The molecule has 0 atom stereocenters. The lowest BCUT2D eigenvalue weighted by Crippen LogP contribution is -2.05. The molecule has 0 fully saturated rings.